The normalized spacial score (nSPS) is 12.0. The summed E-state index contributed by atoms with van der Waals surface area (Å²) in [5.41, 5.74) is -3.38. The van der Waals surface area contributed by atoms with Crippen LogP contribution >= 0.6 is 0 Å². The largest absolute Gasteiger partial charge is 0.433 e. The van der Waals surface area contributed by atoms with Gasteiger partial charge in [0.2, 0.25) is 5.91 Å². The molecule has 0 saturated carbocycles. The first kappa shape index (κ1) is 17.7. The highest BCUT2D eigenvalue weighted by atomic mass is 19.4. The van der Waals surface area contributed by atoms with Gasteiger partial charge in [0, 0.05) is 13.1 Å². The Hall–Kier alpha value is -2.65. The summed E-state index contributed by atoms with van der Waals surface area (Å²) in [6, 6.07) is 1.42. The van der Waals surface area contributed by atoms with Gasteiger partial charge in [-0.3, -0.25) is 18.7 Å². The maximum Gasteiger partial charge on any atom is 0.433 e. The Labute approximate surface area is 133 Å². The Morgan fingerprint density at radius 1 is 1.29 bits per heavy atom. The first-order valence-corrected chi connectivity index (χ1v) is 6.99. The molecule has 0 spiro atoms. The maximum absolute atomic E-state index is 12.7. The minimum absolute atomic E-state index is 0.178. The second-order valence-electron chi connectivity index (χ2n) is 5.52. The van der Waals surface area contributed by atoms with Crippen molar-refractivity contribution in [1.29, 1.82) is 0 Å². The predicted molar refractivity (Wildman–Crippen MR) is 79.5 cm³/mol. The molecule has 1 amide bonds. The van der Waals surface area contributed by atoms with Gasteiger partial charge in [-0.05, 0) is 26.0 Å². The molecule has 0 fully saturated rings. The highest BCUT2D eigenvalue weighted by molar-refractivity contribution is 5.77. The number of aryl methyl sites for hydroxylation is 1. The Morgan fingerprint density at radius 3 is 2.46 bits per heavy atom. The molecule has 0 atom stereocenters. The van der Waals surface area contributed by atoms with E-state index in [1.165, 1.54) is 7.05 Å². The minimum Gasteiger partial charge on any atom is -0.352 e. The van der Waals surface area contributed by atoms with E-state index in [0.29, 0.717) is 10.6 Å². The lowest BCUT2D eigenvalue weighted by molar-refractivity contribution is -0.141. The molecule has 0 aliphatic rings. The molecule has 0 aromatic carbocycles. The molecule has 2 rings (SSSR count). The Balaban J connectivity index is 2.63. The number of rotatable bonds is 3. The van der Waals surface area contributed by atoms with Crippen molar-refractivity contribution in [3.05, 3.63) is 38.7 Å². The molecule has 130 valence electrons. The van der Waals surface area contributed by atoms with Gasteiger partial charge in [-0.1, -0.05) is 0 Å². The summed E-state index contributed by atoms with van der Waals surface area (Å²) in [7, 11) is 1.19. The fraction of sp³-hybridized carbons (Fsp3) is 0.429. The van der Waals surface area contributed by atoms with Crippen molar-refractivity contribution in [3.8, 4) is 0 Å². The van der Waals surface area contributed by atoms with E-state index in [4.69, 9.17) is 0 Å². The summed E-state index contributed by atoms with van der Waals surface area (Å²) in [6.45, 7) is 2.89. The Kier molecular flexibility index (Phi) is 4.50. The summed E-state index contributed by atoms with van der Waals surface area (Å²) >= 11 is 0. The number of hydrogen-bond donors (Lipinski definition) is 1. The van der Waals surface area contributed by atoms with E-state index in [2.05, 4.69) is 10.3 Å². The number of nitrogens with zero attached hydrogens (tertiary/aromatic N) is 3. The van der Waals surface area contributed by atoms with Gasteiger partial charge in [-0.2, -0.15) is 13.2 Å². The second-order valence-corrected chi connectivity index (χ2v) is 5.52. The lowest BCUT2D eigenvalue weighted by Gasteiger charge is -2.13. The highest BCUT2D eigenvalue weighted by Gasteiger charge is 2.33. The fourth-order valence-corrected chi connectivity index (χ4v) is 2.18. The van der Waals surface area contributed by atoms with Crippen LogP contribution < -0.4 is 16.6 Å². The van der Waals surface area contributed by atoms with Gasteiger partial charge in [0.25, 0.3) is 5.56 Å². The molecule has 2 aromatic heterocycles. The van der Waals surface area contributed by atoms with Crippen molar-refractivity contribution in [2.75, 3.05) is 0 Å². The van der Waals surface area contributed by atoms with E-state index in [9.17, 15) is 27.6 Å². The van der Waals surface area contributed by atoms with E-state index in [1.54, 1.807) is 13.8 Å². The van der Waals surface area contributed by atoms with Gasteiger partial charge in [0.05, 0.1) is 5.39 Å². The molecule has 24 heavy (non-hydrogen) atoms. The number of carbonyl (C=O) groups is 1. The predicted octanol–water partition coefficient (Wildman–Crippen LogP) is 0.639. The number of halogens is 3. The summed E-state index contributed by atoms with van der Waals surface area (Å²) in [6.07, 6.45) is -4.70. The SMILES string of the molecule is CC(C)NC(=O)Cn1c(=O)c2ccc(C(F)(F)F)nc2n(C)c1=O. The number of alkyl halides is 3. The number of aromatic nitrogens is 3. The van der Waals surface area contributed by atoms with Crippen LogP contribution in [0.15, 0.2) is 21.7 Å². The van der Waals surface area contributed by atoms with Crippen LogP contribution in [0.5, 0.6) is 0 Å². The monoisotopic (exact) mass is 344 g/mol. The van der Waals surface area contributed by atoms with Crippen molar-refractivity contribution < 1.29 is 18.0 Å². The molecule has 0 bridgehead atoms. The van der Waals surface area contributed by atoms with Gasteiger partial charge in [-0.15, -0.1) is 0 Å². The topological polar surface area (TPSA) is 86.0 Å². The van der Waals surface area contributed by atoms with Gasteiger partial charge in [0.1, 0.15) is 17.9 Å². The van der Waals surface area contributed by atoms with Crippen LogP contribution in [0.25, 0.3) is 11.0 Å². The molecule has 0 saturated heterocycles. The van der Waals surface area contributed by atoms with Gasteiger partial charge >= 0.3 is 11.9 Å². The third-order valence-corrected chi connectivity index (χ3v) is 3.23. The van der Waals surface area contributed by atoms with Crippen molar-refractivity contribution in [2.45, 2.75) is 32.6 Å². The number of pyridine rings is 1. The summed E-state index contributed by atoms with van der Waals surface area (Å²) in [4.78, 5) is 39.7. The lowest BCUT2D eigenvalue weighted by atomic mass is 10.2. The average molecular weight is 344 g/mol. The standard InChI is InChI=1S/C14H15F3N4O3/c1-7(2)18-10(22)6-21-12(23)8-4-5-9(14(15,16)17)19-11(8)20(3)13(21)24/h4-5,7H,6H2,1-3H3,(H,18,22). The van der Waals surface area contributed by atoms with Crippen molar-refractivity contribution >= 4 is 16.9 Å². The van der Waals surface area contributed by atoms with Crippen LogP contribution in [0.2, 0.25) is 0 Å². The highest BCUT2D eigenvalue weighted by Crippen LogP contribution is 2.28. The van der Waals surface area contributed by atoms with Crippen LogP contribution in [0.3, 0.4) is 0 Å². The zero-order valence-electron chi connectivity index (χ0n) is 13.1. The van der Waals surface area contributed by atoms with Crippen molar-refractivity contribution in [1.82, 2.24) is 19.4 Å². The number of fused-ring (bicyclic) bond motifs is 1. The second kappa shape index (κ2) is 6.10. The Morgan fingerprint density at radius 2 is 1.92 bits per heavy atom. The number of nitrogens with one attached hydrogen (secondary N) is 1. The minimum atomic E-state index is -4.70. The van der Waals surface area contributed by atoms with Crippen LogP contribution in [-0.2, 0) is 24.6 Å². The van der Waals surface area contributed by atoms with Gasteiger partial charge in [0.15, 0.2) is 0 Å². The summed E-state index contributed by atoms with van der Waals surface area (Å²) in [5, 5.41) is 2.35. The molecule has 2 heterocycles. The van der Waals surface area contributed by atoms with E-state index in [0.717, 1.165) is 10.6 Å². The van der Waals surface area contributed by atoms with E-state index in [1.807, 2.05) is 0 Å². The molecule has 0 aliphatic carbocycles. The van der Waals surface area contributed by atoms with Gasteiger partial charge in [-0.25, -0.2) is 9.78 Å². The molecule has 2 aromatic rings. The number of carbonyl (C=O) groups excluding carboxylic acids is 1. The summed E-state index contributed by atoms with van der Waals surface area (Å²) < 4.78 is 39.7. The molecular formula is C14H15F3N4O3. The van der Waals surface area contributed by atoms with Crippen molar-refractivity contribution in [2.24, 2.45) is 7.05 Å². The third kappa shape index (κ3) is 3.31. The molecule has 10 heteroatoms. The maximum atomic E-state index is 12.7. The molecular weight excluding hydrogens is 329 g/mol. The van der Waals surface area contributed by atoms with Crippen LogP contribution in [0.4, 0.5) is 13.2 Å². The quantitative estimate of drug-likeness (QED) is 0.885. The molecule has 0 radical (unpaired) electrons. The third-order valence-electron chi connectivity index (χ3n) is 3.23. The van der Waals surface area contributed by atoms with Crippen LogP contribution in [0.1, 0.15) is 19.5 Å². The summed E-state index contributed by atoms with van der Waals surface area (Å²) in [5.74, 6) is -0.552. The van der Waals surface area contributed by atoms with E-state index in [-0.39, 0.29) is 17.1 Å². The number of hydrogen-bond acceptors (Lipinski definition) is 4. The van der Waals surface area contributed by atoms with Crippen LogP contribution in [-0.4, -0.2) is 26.1 Å². The molecule has 7 nitrogen and oxygen atoms in total. The smallest absolute Gasteiger partial charge is 0.352 e. The number of amides is 1. The van der Waals surface area contributed by atoms with Gasteiger partial charge < -0.3 is 5.32 Å². The Bertz CT molecular complexity index is 912. The average Bonchev–Trinajstić information content (AvgIpc) is 2.47. The zero-order chi connectivity index (χ0) is 18.2. The van der Waals surface area contributed by atoms with Crippen LogP contribution in [0, 0.1) is 0 Å². The lowest BCUT2D eigenvalue weighted by Crippen LogP contribution is -2.44. The molecule has 1 N–H and O–H groups in total. The first-order valence-electron chi connectivity index (χ1n) is 6.99. The van der Waals surface area contributed by atoms with E-state index < -0.39 is 35.6 Å². The molecule has 0 unspecified atom stereocenters. The van der Waals surface area contributed by atoms with Crippen molar-refractivity contribution in [3.63, 3.8) is 0 Å². The molecule has 0 aliphatic heterocycles. The first-order chi connectivity index (χ1) is 11.0. The van der Waals surface area contributed by atoms with E-state index >= 15 is 0 Å². The zero-order valence-corrected chi connectivity index (χ0v) is 13.1. The fourth-order valence-electron chi connectivity index (χ4n) is 2.18.